The van der Waals surface area contributed by atoms with Crippen molar-refractivity contribution < 1.29 is 18.3 Å². The third kappa shape index (κ3) is 2.64. The zero-order valence-electron chi connectivity index (χ0n) is 14.4. The van der Waals surface area contributed by atoms with Gasteiger partial charge in [-0.2, -0.15) is 4.31 Å². The Morgan fingerprint density at radius 3 is 2.67 bits per heavy atom. The number of nitrogens with one attached hydrogen (secondary N) is 1. The summed E-state index contributed by atoms with van der Waals surface area (Å²) in [7, 11) is -3.67. The maximum atomic E-state index is 13.1. The predicted octanol–water partition coefficient (Wildman–Crippen LogP) is 1.79. The minimum absolute atomic E-state index is 0.190. The van der Waals surface area contributed by atoms with Gasteiger partial charge in [0.1, 0.15) is 4.88 Å². The van der Waals surface area contributed by atoms with Crippen molar-refractivity contribution in [3.63, 3.8) is 0 Å². The lowest BCUT2D eigenvalue weighted by Gasteiger charge is -2.28. The molecule has 1 saturated heterocycles. The molecule has 1 aromatic heterocycles. The molecule has 2 saturated carbocycles. The van der Waals surface area contributed by atoms with Crippen LogP contribution in [0.2, 0.25) is 0 Å². The van der Waals surface area contributed by atoms with Crippen molar-refractivity contribution in [3.05, 3.63) is 40.8 Å². The van der Waals surface area contributed by atoms with Crippen molar-refractivity contribution in [1.29, 1.82) is 0 Å². The molecule has 1 aliphatic heterocycles. The number of sulfonamides is 1. The number of rotatable bonds is 4. The lowest BCUT2D eigenvalue weighted by atomic mass is 9.88. The molecule has 2 N–H and O–H groups in total. The molecular formula is C18H19N3O4S2. The van der Waals surface area contributed by atoms with Crippen molar-refractivity contribution in [1.82, 2.24) is 9.29 Å². The predicted molar refractivity (Wildman–Crippen MR) is 99.9 cm³/mol. The molecule has 142 valence electrons. The van der Waals surface area contributed by atoms with Crippen LogP contribution in [0.4, 0.5) is 5.69 Å². The van der Waals surface area contributed by atoms with E-state index >= 15 is 0 Å². The maximum Gasteiger partial charge on any atom is 0.267 e. The maximum absolute atomic E-state index is 13.1. The van der Waals surface area contributed by atoms with Gasteiger partial charge in [0.2, 0.25) is 10.0 Å². The zero-order chi connectivity index (χ0) is 18.8. The van der Waals surface area contributed by atoms with E-state index in [2.05, 4.69) is 10.3 Å². The Kier molecular flexibility index (Phi) is 3.91. The number of hydrogen-bond donors (Lipinski definition) is 2. The normalized spacial score (nSPS) is 32.1. The standard InChI is InChI=1S/C18H19N3O4S2/c22-17-10-5-11-8-21(16(17)14(11)6-10)27(24,25)13-3-1-12(2-4-13)20-18(23)15-7-19-9-26-15/h1-4,7,9-11,14,16-17,22H,5-6,8H2,(H,20,23). The highest BCUT2D eigenvalue weighted by Crippen LogP contribution is 2.56. The zero-order valence-corrected chi connectivity index (χ0v) is 16.0. The Bertz CT molecular complexity index is 973. The number of thiazole rings is 1. The van der Waals surface area contributed by atoms with E-state index in [0.29, 0.717) is 23.0 Å². The van der Waals surface area contributed by atoms with Gasteiger partial charge in [-0.05, 0) is 54.9 Å². The van der Waals surface area contributed by atoms with E-state index in [4.69, 9.17) is 0 Å². The fourth-order valence-corrected chi connectivity index (χ4v) is 7.26. The number of anilines is 1. The van der Waals surface area contributed by atoms with Gasteiger partial charge in [0.25, 0.3) is 5.91 Å². The van der Waals surface area contributed by atoms with Gasteiger partial charge in [0.05, 0.1) is 28.7 Å². The Morgan fingerprint density at radius 1 is 1.22 bits per heavy atom. The molecule has 2 aliphatic carbocycles. The largest absolute Gasteiger partial charge is 0.391 e. The van der Waals surface area contributed by atoms with Gasteiger partial charge in [-0.15, -0.1) is 11.3 Å². The van der Waals surface area contributed by atoms with Crippen LogP contribution in [-0.4, -0.2) is 47.4 Å². The second-order valence-electron chi connectivity index (χ2n) is 7.56. The van der Waals surface area contributed by atoms with Crippen molar-refractivity contribution in [3.8, 4) is 0 Å². The number of aromatic nitrogens is 1. The summed E-state index contributed by atoms with van der Waals surface area (Å²) in [5.41, 5.74) is 2.10. The topological polar surface area (TPSA) is 99.6 Å². The summed E-state index contributed by atoms with van der Waals surface area (Å²) in [5.74, 6) is 0.632. The van der Waals surface area contributed by atoms with Gasteiger partial charge in [-0.25, -0.2) is 8.42 Å². The molecule has 3 fully saturated rings. The van der Waals surface area contributed by atoms with Crippen LogP contribution in [-0.2, 0) is 10.0 Å². The summed E-state index contributed by atoms with van der Waals surface area (Å²) < 4.78 is 27.8. The third-order valence-electron chi connectivity index (χ3n) is 6.18. The molecule has 1 amide bonds. The number of carbonyl (C=O) groups excluding carboxylic acids is 1. The molecule has 7 nitrogen and oxygen atoms in total. The van der Waals surface area contributed by atoms with E-state index in [9.17, 15) is 18.3 Å². The van der Waals surface area contributed by atoms with Gasteiger partial charge < -0.3 is 10.4 Å². The first kappa shape index (κ1) is 17.3. The van der Waals surface area contributed by atoms with E-state index in [-0.39, 0.29) is 28.7 Å². The monoisotopic (exact) mass is 405 g/mol. The average Bonchev–Trinajstić information content (AvgIpc) is 3.39. The van der Waals surface area contributed by atoms with Crippen LogP contribution < -0.4 is 5.32 Å². The minimum Gasteiger partial charge on any atom is -0.391 e. The van der Waals surface area contributed by atoms with Crippen molar-refractivity contribution in [2.75, 3.05) is 11.9 Å². The molecule has 2 aromatic rings. The molecule has 5 unspecified atom stereocenters. The molecule has 5 atom stereocenters. The second kappa shape index (κ2) is 6.10. The number of aliphatic hydroxyl groups is 1. The van der Waals surface area contributed by atoms with Crippen LogP contribution in [0, 0.1) is 17.8 Å². The van der Waals surface area contributed by atoms with Crippen molar-refractivity contribution >= 4 is 33.0 Å². The summed E-state index contributed by atoms with van der Waals surface area (Å²) in [4.78, 5) is 16.6. The highest BCUT2D eigenvalue weighted by atomic mass is 32.2. The first-order chi connectivity index (χ1) is 12.9. The number of amides is 1. The Balaban J connectivity index is 1.36. The summed E-state index contributed by atoms with van der Waals surface area (Å²) in [6.07, 6.45) is 2.80. The number of benzene rings is 1. The van der Waals surface area contributed by atoms with E-state index in [1.54, 1.807) is 17.6 Å². The van der Waals surface area contributed by atoms with Gasteiger partial charge in [-0.1, -0.05) is 0 Å². The Hall–Kier alpha value is -1.81. The summed E-state index contributed by atoms with van der Waals surface area (Å²) in [6.45, 7) is 0.495. The van der Waals surface area contributed by atoms with Crippen molar-refractivity contribution in [2.45, 2.75) is 29.9 Å². The fourth-order valence-electron chi connectivity index (χ4n) is 5.00. The molecule has 2 bridgehead atoms. The van der Waals surface area contributed by atoms with E-state index in [0.717, 1.165) is 12.8 Å². The van der Waals surface area contributed by atoms with E-state index in [1.165, 1.54) is 34.0 Å². The number of nitrogens with zero attached hydrogens (tertiary/aromatic N) is 2. The highest BCUT2D eigenvalue weighted by molar-refractivity contribution is 7.89. The molecule has 0 spiro atoms. The number of hydrogen-bond acceptors (Lipinski definition) is 6. The Labute approximate surface area is 161 Å². The van der Waals surface area contributed by atoms with Gasteiger partial charge in [0.15, 0.2) is 0 Å². The van der Waals surface area contributed by atoms with Crippen LogP contribution in [0.3, 0.4) is 0 Å². The van der Waals surface area contributed by atoms with Gasteiger partial charge in [0, 0.05) is 12.2 Å². The lowest BCUT2D eigenvalue weighted by molar-refractivity contribution is 0.0731. The first-order valence-electron chi connectivity index (χ1n) is 8.95. The SMILES string of the molecule is O=C(Nc1ccc(S(=O)(=O)N2CC3CC4CC3C2C4O)cc1)c1cncs1. The quantitative estimate of drug-likeness (QED) is 0.808. The fraction of sp³-hybridized carbons (Fsp3) is 0.444. The minimum atomic E-state index is -3.67. The van der Waals surface area contributed by atoms with E-state index in [1.807, 2.05) is 0 Å². The summed E-state index contributed by atoms with van der Waals surface area (Å²) in [5, 5.41) is 13.2. The van der Waals surface area contributed by atoms with Crippen LogP contribution in [0.15, 0.2) is 40.9 Å². The number of fused-ring (bicyclic) bond motifs is 1. The molecule has 5 rings (SSSR count). The number of aliphatic hydroxyl groups excluding tert-OH is 1. The Morgan fingerprint density at radius 2 is 2.00 bits per heavy atom. The number of carbonyl (C=O) groups is 1. The molecule has 0 radical (unpaired) electrons. The van der Waals surface area contributed by atoms with E-state index < -0.39 is 16.1 Å². The molecular weight excluding hydrogens is 386 g/mol. The van der Waals surface area contributed by atoms with Crippen LogP contribution >= 0.6 is 11.3 Å². The smallest absolute Gasteiger partial charge is 0.267 e. The first-order valence-corrected chi connectivity index (χ1v) is 11.3. The summed E-state index contributed by atoms with van der Waals surface area (Å²) >= 11 is 1.24. The van der Waals surface area contributed by atoms with Gasteiger partial charge >= 0.3 is 0 Å². The molecule has 27 heavy (non-hydrogen) atoms. The molecule has 2 heterocycles. The van der Waals surface area contributed by atoms with Gasteiger partial charge in [-0.3, -0.25) is 9.78 Å². The van der Waals surface area contributed by atoms with Crippen molar-refractivity contribution in [2.24, 2.45) is 17.8 Å². The lowest BCUT2D eigenvalue weighted by Crippen LogP contribution is -2.43. The second-order valence-corrected chi connectivity index (χ2v) is 10.3. The third-order valence-corrected chi connectivity index (χ3v) is 8.83. The van der Waals surface area contributed by atoms with Crippen LogP contribution in [0.5, 0.6) is 0 Å². The molecule has 9 heteroatoms. The molecule has 1 aromatic carbocycles. The van der Waals surface area contributed by atoms with Crippen LogP contribution in [0.1, 0.15) is 22.5 Å². The highest BCUT2D eigenvalue weighted by Gasteiger charge is 2.61. The summed E-state index contributed by atoms with van der Waals surface area (Å²) in [6, 6.07) is 5.91. The molecule has 3 aliphatic rings. The van der Waals surface area contributed by atoms with Crippen LogP contribution in [0.25, 0.3) is 0 Å². The average molecular weight is 406 g/mol.